The van der Waals surface area contributed by atoms with Gasteiger partial charge in [0.1, 0.15) is 18.2 Å². The van der Waals surface area contributed by atoms with Gasteiger partial charge in [-0.25, -0.2) is 28.3 Å². The number of nitrogens with zero attached hydrogens (tertiary/aromatic N) is 6. The minimum Gasteiger partial charge on any atom is -0.505 e. The maximum absolute atomic E-state index is 15.1. The molecule has 2 atom stereocenters. The maximum Gasteiger partial charge on any atom is 0.328 e. The van der Waals surface area contributed by atoms with E-state index in [4.69, 9.17) is 24.2 Å². The summed E-state index contributed by atoms with van der Waals surface area (Å²) in [5.74, 6) is -0.720. The summed E-state index contributed by atoms with van der Waals surface area (Å²) in [6.45, 7) is 7.99. The van der Waals surface area contributed by atoms with Crippen LogP contribution in [0.4, 0.5) is 25.2 Å². The molecule has 1 saturated heterocycles. The molecule has 3 aromatic heterocycles. The van der Waals surface area contributed by atoms with Crippen molar-refractivity contribution in [2.45, 2.75) is 118 Å². The Hall–Kier alpha value is -7.76. The van der Waals surface area contributed by atoms with Gasteiger partial charge in [-0.15, -0.1) is 0 Å². The number of aromatic hydroxyl groups is 1. The normalized spacial score (nSPS) is 14.2. The minimum absolute atomic E-state index is 0. The van der Waals surface area contributed by atoms with Gasteiger partial charge in [0.05, 0.1) is 38.1 Å². The summed E-state index contributed by atoms with van der Waals surface area (Å²) < 4.78 is 48.1. The van der Waals surface area contributed by atoms with E-state index in [0.717, 1.165) is 93.0 Å². The molecule has 0 aliphatic carbocycles. The highest BCUT2D eigenvalue weighted by molar-refractivity contribution is 5.79. The number of phenolic OH excluding ortho intramolecular Hbond substituents is 1. The molecule has 0 radical (unpaired) electrons. The first kappa shape index (κ1) is 58.5. The molecular formula is C59H74F2N8O8. The van der Waals surface area contributed by atoms with E-state index >= 15 is 4.39 Å². The van der Waals surface area contributed by atoms with E-state index in [2.05, 4.69) is 34.9 Å². The molecule has 77 heavy (non-hydrogen) atoms. The quantitative estimate of drug-likeness (QED) is 0.0581. The Morgan fingerprint density at radius 1 is 0.701 bits per heavy atom. The number of pyridine rings is 2. The van der Waals surface area contributed by atoms with Crippen LogP contribution in [0.25, 0.3) is 0 Å². The van der Waals surface area contributed by atoms with Gasteiger partial charge in [-0.05, 0) is 129 Å². The molecule has 3 N–H and O–H groups in total. The lowest BCUT2D eigenvalue weighted by Crippen LogP contribution is -2.36. The number of fused-ring (bicyclic) bond motifs is 2. The maximum atomic E-state index is 15.1. The van der Waals surface area contributed by atoms with Crippen LogP contribution < -0.4 is 21.1 Å². The summed E-state index contributed by atoms with van der Waals surface area (Å²) in [4.78, 5) is 64.1. The molecule has 6 aromatic rings. The van der Waals surface area contributed by atoms with Crippen LogP contribution in [0.1, 0.15) is 119 Å². The molecule has 9 rings (SSSR count). The Labute approximate surface area is 450 Å². The third kappa shape index (κ3) is 15.4. The number of aryl methyl sites for hydroxylation is 5. The second-order valence-electron chi connectivity index (χ2n) is 18.8. The molecule has 0 unspecified atom stereocenters. The number of amides is 2. The van der Waals surface area contributed by atoms with E-state index in [1.54, 1.807) is 46.7 Å². The molecular weight excluding hydrogens is 987 g/mol. The van der Waals surface area contributed by atoms with Crippen LogP contribution in [-0.4, -0.2) is 97.9 Å². The number of carbonyl (C=O) groups excluding carboxylic acids is 3. The number of rotatable bonds is 21. The zero-order valence-electron chi connectivity index (χ0n) is 42.6. The fourth-order valence-corrected chi connectivity index (χ4v) is 9.68. The van der Waals surface area contributed by atoms with E-state index in [1.807, 2.05) is 30.3 Å². The van der Waals surface area contributed by atoms with Crippen LogP contribution in [0, 0.1) is 11.6 Å². The first-order valence-electron chi connectivity index (χ1n) is 26.0. The number of imidazole rings is 1. The van der Waals surface area contributed by atoms with Gasteiger partial charge in [-0.3, -0.25) is 18.7 Å². The molecule has 6 heterocycles. The Bertz CT molecular complexity index is 2970. The average molecular weight is 1060 g/mol. The Balaban J connectivity index is 0.000000247. The number of urea groups is 1. The monoisotopic (exact) mass is 1060 g/mol. The van der Waals surface area contributed by atoms with Gasteiger partial charge in [0.2, 0.25) is 0 Å². The molecule has 3 aromatic carbocycles. The lowest BCUT2D eigenvalue weighted by atomic mass is 10.0. The second-order valence-corrected chi connectivity index (χ2v) is 18.8. The lowest BCUT2D eigenvalue weighted by Gasteiger charge is -2.28. The smallest absolute Gasteiger partial charge is 0.328 e. The second kappa shape index (κ2) is 28.4. The molecule has 1 fully saturated rings. The van der Waals surface area contributed by atoms with Crippen molar-refractivity contribution in [1.29, 1.82) is 0 Å². The first-order valence-corrected chi connectivity index (χ1v) is 26.0. The van der Waals surface area contributed by atoms with Crippen molar-refractivity contribution < 1.29 is 42.5 Å². The van der Waals surface area contributed by atoms with Gasteiger partial charge in [0.15, 0.2) is 23.1 Å². The number of anilines is 2. The molecule has 0 saturated carbocycles. The van der Waals surface area contributed by atoms with Gasteiger partial charge >= 0.3 is 23.7 Å². The van der Waals surface area contributed by atoms with Crippen molar-refractivity contribution in [3.8, 4) is 11.5 Å². The molecule has 16 nitrogen and oxygen atoms in total. The van der Waals surface area contributed by atoms with E-state index in [0.29, 0.717) is 37.3 Å². The van der Waals surface area contributed by atoms with E-state index in [1.165, 1.54) is 46.0 Å². The van der Waals surface area contributed by atoms with Crippen LogP contribution in [0.3, 0.4) is 0 Å². The molecule has 3 aliphatic rings. The number of halogens is 2. The van der Waals surface area contributed by atoms with Crippen LogP contribution in [0.2, 0.25) is 0 Å². The number of hydrogen-bond donors (Lipinski definition) is 3. The third-order valence-electron chi connectivity index (χ3n) is 13.6. The highest BCUT2D eigenvalue weighted by atomic mass is 19.1. The summed E-state index contributed by atoms with van der Waals surface area (Å²) >= 11 is 0. The zero-order valence-corrected chi connectivity index (χ0v) is 42.6. The predicted molar refractivity (Wildman–Crippen MR) is 293 cm³/mol. The summed E-state index contributed by atoms with van der Waals surface area (Å²) in [6, 6.07) is 24.8. The van der Waals surface area contributed by atoms with Crippen molar-refractivity contribution in [1.82, 2.24) is 28.9 Å². The summed E-state index contributed by atoms with van der Waals surface area (Å²) in [6.07, 6.45) is 10.5. The van der Waals surface area contributed by atoms with E-state index in [9.17, 15) is 28.7 Å². The average Bonchev–Trinajstić information content (AvgIpc) is 3.97. The zero-order chi connectivity index (χ0) is 52.7. The number of ether oxygens (including phenoxy) is 3. The topological polar surface area (TPSA) is 182 Å². The van der Waals surface area contributed by atoms with Gasteiger partial charge in [-0.1, -0.05) is 69.5 Å². The fourth-order valence-electron chi connectivity index (χ4n) is 9.68. The Kier molecular flexibility index (Phi) is 21.6. The third-order valence-corrected chi connectivity index (χ3v) is 13.6. The summed E-state index contributed by atoms with van der Waals surface area (Å²) in [5, 5.41) is 16.2. The van der Waals surface area contributed by atoms with Crippen molar-refractivity contribution in [3.05, 3.63) is 165 Å². The van der Waals surface area contributed by atoms with Crippen LogP contribution >= 0.6 is 0 Å². The van der Waals surface area contributed by atoms with Gasteiger partial charge in [0, 0.05) is 63.1 Å². The highest BCUT2D eigenvalue weighted by Crippen LogP contribution is 2.32. The molecule has 0 spiro atoms. The number of phenols is 1. The Morgan fingerprint density at radius 2 is 1.29 bits per heavy atom. The predicted octanol–water partition coefficient (Wildman–Crippen LogP) is 10.2. The lowest BCUT2D eigenvalue weighted by molar-refractivity contribution is -0.145. The van der Waals surface area contributed by atoms with Crippen LogP contribution in [0.5, 0.6) is 11.5 Å². The largest absolute Gasteiger partial charge is 0.505 e. The fraction of sp³-hybridized carbons (Fsp3) is 0.424. The Morgan fingerprint density at radius 3 is 1.90 bits per heavy atom. The molecule has 412 valence electrons. The van der Waals surface area contributed by atoms with Crippen molar-refractivity contribution in [2.75, 3.05) is 56.6 Å². The molecule has 0 bridgehead atoms. The minimum atomic E-state index is -0.790. The van der Waals surface area contributed by atoms with Crippen LogP contribution in [-0.2, 0) is 57.9 Å². The number of aromatic nitrogens is 4. The number of carbonyl (C=O) groups is 3. The molecule has 2 amide bonds. The first-order chi connectivity index (χ1) is 36.5. The SMILES string of the molecule is C.C.CCOC(=O)C[C@@H](c1ccc(O)c(F)c1)N1CCN(CCCc2ccc3c(n2)NCCC3)C1=O.CCOC(=O)C[C@@H](c1ccc(OCc2ccccc2)c(F)c1)n1ccn(CCCc2ccc3c(n2)NCCC3)c1=O. The van der Waals surface area contributed by atoms with E-state index in [-0.39, 0.29) is 65.0 Å². The molecule has 3 aliphatic heterocycles. The summed E-state index contributed by atoms with van der Waals surface area (Å²) in [7, 11) is 0. The highest BCUT2D eigenvalue weighted by Gasteiger charge is 2.36. The number of benzene rings is 3. The van der Waals surface area contributed by atoms with Crippen molar-refractivity contribution in [2.24, 2.45) is 0 Å². The summed E-state index contributed by atoms with van der Waals surface area (Å²) in [5.41, 5.74) is 6.05. The standard InChI is InChI=1S/C32H35FN4O4.C25H31FN4O4.2CH4/c1-2-40-30(38)21-28(25-13-15-29(27(33)20-25)41-22-23-8-4-3-5-9-23)37-19-18-36(32(37)39)17-7-11-26-14-12-24-10-6-16-34-31(24)35-26;1-2-34-23(32)16-21(18-8-10-22(31)20(26)15-18)30-14-13-29(25(30)33)12-4-6-19-9-7-17-5-3-11-27-24(17)28-19;;/h3-5,8-9,12-15,18-20,28H,2,6-7,10-11,16-17,21-22H2,1H3,(H,34,35);7-10,15,21,31H,2-6,11-14,16H2,1H3,(H,27,28);2*1H4/t28-;21-;;/m00../s1. The van der Waals surface area contributed by atoms with Crippen molar-refractivity contribution in [3.63, 3.8) is 0 Å². The van der Waals surface area contributed by atoms with Gasteiger partial charge in [-0.2, -0.15) is 0 Å². The van der Waals surface area contributed by atoms with E-state index < -0.39 is 41.4 Å². The molecule has 18 heteroatoms. The number of hydrogen-bond acceptors (Lipinski definition) is 12. The number of nitrogens with one attached hydrogen (secondary N) is 2. The van der Waals surface area contributed by atoms with Crippen LogP contribution in [0.15, 0.2) is 108 Å². The van der Waals surface area contributed by atoms with Gasteiger partial charge < -0.3 is 39.8 Å². The van der Waals surface area contributed by atoms with Gasteiger partial charge in [0.25, 0.3) is 0 Å². The van der Waals surface area contributed by atoms with Crippen molar-refractivity contribution >= 4 is 29.6 Å². The number of esters is 2.